The highest BCUT2D eigenvalue weighted by Gasteiger charge is 2.22. The van der Waals surface area contributed by atoms with E-state index in [2.05, 4.69) is 5.32 Å². The van der Waals surface area contributed by atoms with Gasteiger partial charge in [-0.05, 0) is 31.4 Å². The molecule has 0 bridgehead atoms. The summed E-state index contributed by atoms with van der Waals surface area (Å²) < 4.78 is 5.61. The molecule has 5 nitrogen and oxygen atoms in total. The van der Waals surface area contributed by atoms with Crippen molar-refractivity contribution in [2.75, 3.05) is 18.5 Å². The zero-order valence-corrected chi connectivity index (χ0v) is 11.2. The number of para-hydroxylation sites is 1. The molecule has 0 aliphatic heterocycles. The first kappa shape index (κ1) is 13.6. The zero-order chi connectivity index (χ0) is 13.7. The van der Waals surface area contributed by atoms with E-state index in [9.17, 15) is 10.1 Å². The number of ether oxygens (including phenoxy) is 1. The fourth-order valence-corrected chi connectivity index (χ4v) is 2.28. The highest BCUT2D eigenvalue weighted by atomic mass is 16.6. The predicted octanol–water partition coefficient (Wildman–Crippen LogP) is 3.60. The highest BCUT2D eigenvalue weighted by Crippen LogP contribution is 2.35. The number of rotatable bonds is 7. The molecule has 1 N–H and O–H groups in total. The highest BCUT2D eigenvalue weighted by molar-refractivity contribution is 5.68. The van der Waals surface area contributed by atoms with Crippen LogP contribution in [0.4, 0.5) is 11.4 Å². The van der Waals surface area contributed by atoms with Gasteiger partial charge in [-0.1, -0.05) is 25.3 Å². The third kappa shape index (κ3) is 3.36. The maximum absolute atomic E-state index is 11.2. The summed E-state index contributed by atoms with van der Waals surface area (Å²) in [5.41, 5.74) is 0.562. The number of nitrogens with zero attached hydrogens (tertiary/aromatic N) is 1. The van der Waals surface area contributed by atoms with Crippen molar-refractivity contribution in [3.05, 3.63) is 28.3 Å². The molecule has 1 aliphatic rings. The monoisotopic (exact) mass is 264 g/mol. The van der Waals surface area contributed by atoms with Crippen LogP contribution in [0, 0.1) is 16.0 Å². The summed E-state index contributed by atoms with van der Waals surface area (Å²) in [6, 6.07) is 5.16. The van der Waals surface area contributed by atoms with Gasteiger partial charge >= 0.3 is 5.69 Å². The minimum Gasteiger partial charge on any atom is -0.487 e. The van der Waals surface area contributed by atoms with Gasteiger partial charge < -0.3 is 10.1 Å². The van der Waals surface area contributed by atoms with E-state index in [4.69, 9.17) is 4.74 Å². The zero-order valence-electron chi connectivity index (χ0n) is 11.2. The fourth-order valence-electron chi connectivity index (χ4n) is 2.28. The fraction of sp³-hybridized carbons (Fsp3) is 0.571. The van der Waals surface area contributed by atoms with E-state index >= 15 is 0 Å². The quantitative estimate of drug-likeness (QED) is 0.603. The molecule has 0 aromatic heterocycles. The maximum atomic E-state index is 11.2. The van der Waals surface area contributed by atoms with Crippen LogP contribution in [0.3, 0.4) is 0 Å². The second-order valence-corrected chi connectivity index (χ2v) is 4.87. The Bertz CT molecular complexity index is 444. The van der Waals surface area contributed by atoms with E-state index in [0.717, 1.165) is 12.3 Å². The van der Waals surface area contributed by atoms with Gasteiger partial charge in [-0.25, -0.2) is 0 Å². The van der Waals surface area contributed by atoms with E-state index in [0.29, 0.717) is 24.6 Å². The Kier molecular flexibility index (Phi) is 4.60. The van der Waals surface area contributed by atoms with Crippen molar-refractivity contribution in [1.29, 1.82) is 0 Å². The molecule has 0 unspecified atom stereocenters. The molecule has 5 heteroatoms. The number of hydrogen-bond donors (Lipinski definition) is 1. The van der Waals surface area contributed by atoms with Crippen molar-refractivity contribution >= 4 is 11.4 Å². The molecule has 2 rings (SSSR count). The summed E-state index contributed by atoms with van der Waals surface area (Å²) in [6.07, 6.45) is 4.83. The van der Waals surface area contributed by atoms with Crippen LogP contribution in [0.25, 0.3) is 0 Å². The first-order chi connectivity index (χ1) is 9.22. The summed E-state index contributed by atoms with van der Waals surface area (Å²) in [5.74, 6) is 1.11. The Morgan fingerprint density at radius 3 is 2.84 bits per heavy atom. The lowest BCUT2D eigenvalue weighted by Crippen LogP contribution is -2.15. The van der Waals surface area contributed by atoms with Gasteiger partial charge in [-0.15, -0.1) is 0 Å². The van der Waals surface area contributed by atoms with Crippen LogP contribution in [0.15, 0.2) is 18.2 Å². The first-order valence-electron chi connectivity index (χ1n) is 6.86. The van der Waals surface area contributed by atoms with Gasteiger partial charge in [-0.2, -0.15) is 0 Å². The Labute approximate surface area is 113 Å². The second-order valence-electron chi connectivity index (χ2n) is 4.87. The van der Waals surface area contributed by atoms with Gasteiger partial charge in [0.15, 0.2) is 5.75 Å². The molecular formula is C14H20N2O3. The topological polar surface area (TPSA) is 64.4 Å². The van der Waals surface area contributed by atoms with E-state index in [-0.39, 0.29) is 10.6 Å². The van der Waals surface area contributed by atoms with Crippen LogP contribution in [0.5, 0.6) is 5.75 Å². The molecule has 1 saturated carbocycles. The van der Waals surface area contributed by atoms with Crippen LogP contribution in [0.2, 0.25) is 0 Å². The smallest absolute Gasteiger partial charge is 0.333 e. The van der Waals surface area contributed by atoms with Crippen molar-refractivity contribution < 1.29 is 9.66 Å². The minimum atomic E-state index is -0.378. The molecular weight excluding hydrogens is 244 g/mol. The van der Waals surface area contributed by atoms with E-state index < -0.39 is 0 Å². The average Bonchev–Trinajstić information content (AvgIpc) is 2.32. The lowest BCUT2D eigenvalue weighted by Gasteiger charge is -2.24. The molecule has 0 atom stereocenters. The van der Waals surface area contributed by atoms with Crippen molar-refractivity contribution in [2.45, 2.75) is 32.6 Å². The molecule has 1 fully saturated rings. The van der Waals surface area contributed by atoms with Gasteiger partial charge in [0, 0.05) is 6.54 Å². The normalized spacial score (nSPS) is 14.8. The molecule has 1 aromatic carbocycles. The van der Waals surface area contributed by atoms with Crippen molar-refractivity contribution in [3.8, 4) is 5.75 Å². The van der Waals surface area contributed by atoms with E-state index in [1.165, 1.54) is 19.3 Å². The Morgan fingerprint density at radius 2 is 2.26 bits per heavy atom. The van der Waals surface area contributed by atoms with Crippen LogP contribution in [-0.2, 0) is 0 Å². The van der Waals surface area contributed by atoms with Crippen LogP contribution < -0.4 is 10.1 Å². The summed E-state index contributed by atoms with van der Waals surface area (Å²) >= 11 is 0. The van der Waals surface area contributed by atoms with Gasteiger partial charge in [0.2, 0.25) is 0 Å². The Balaban J connectivity index is 2.04. The third-order valence-electron chi connectivity index (χ3n) is 3.56. The summed E-state index contributed by atoms with van der Waals surface area (Å²) in [7, 11) is 0. The summed E-state index contributed by atoms with van der Waals surface area (Å²) in [4.78, 5) is 10.8. The predicted molar refractivity (Wildman–Crippen MR) is 74.7 cm³/mol. The molecule has 0 spiro atoms. The van der Waals surface area contributed by atoms with Gasteiger partial charge in [0.25, 0.3) is 0 Å². The first-order valence-corrected chi connectivity index (χ1v) is 6.86. The molecule has 0 heterocycles. The molecule has 19 heavy (non-hydrogen) atoms. The Hall–Kier alpha value is -1.78. The second kappa shape index (κ2) is 6.41. The largest absolute Gasteiger partial charge is 0.487 e. The Morgan fingerprint density at radius 1 is 1.47 bits per heavy atom. The lowest BCUT2D eigenvalue weighted by atomic mass is 9.83. The van der Waals surface area contributed by atoms with Crippen molar-refractivity contribution in [3.63, 3.8) is 0 Å². The van der Waals surface area contributed by atoms with Crippen LogP contribution in [0.1, 0.15) is 32.6 Å². The van der Waals surface area contributed by atoms with Gasteiger partial charge in [-0.3, -0.25) is 10.1 Å². The number of nitro benzene ring substituents is 1. The standard InChI is InChI=1S/C14H20N2O3/c1-2-15-12-7-4-8-13(14(12)16(17)18)19-10-9-11-5-3-6-11/h4,7-8,11,15H,2-3,5-6,9-10H2,1H3. The molecule has 0 amide bonds. The minimum absolute atomic E-state index is 0.0398. The van der Waals surface area contributed by atoms with Crippen LogP contribution in [-0.4, -0.2) is 18.1 Å². The summed E-state index contributed by atoms with van der Waals surface area (Å²) in [5, 5.41) is 14.2. The number of nitrogens with one attached hydrogen (secondary N) is 1. The van der Waals surface area contributed by atoms with Crippen LogP contribution >= 0.6 is 0 Å². The van der Waals surface area contributed by atoms with Crippen molar-refractivity contribution in [2.24, 2.45) is 5.92 Å². The van der Waals surface area contributed by atoms with E-state index in [1.807, 2.05) is 6.92 Å². The lowest BCUT2D eigenvalue weighted by molar-refractivity contribution is -0.385. The van der Waals surface area contributed by atoms with Gasteiger partial charge in [0.05, 0.1) is 11.5 Å². The molecule has 1 aromatic rings. The third-order valence-corrected chi connectivity index (χ3v) is 3.56. The number of nitro groups is 1. The average molecular weight is 264 g/mol. The summed E-state index contributed by atoms with van der Waals surface area (Å²) in [6.45, 7) is 3.11. The maximum Gasteiger partial charge on any atom is 0.333 e. The SMILES string of the molecule is CCNc1cccc(OCCC2CCC2)c1[N+](=O)[O-]. The molecule has 0 saturated heterocycles. The van der Waals surface area contributed by atoms with Gasteiger partial charge in [0.1, 0.15) is 5.69 Å². The number of anilines is 1. The number of hydrogen-bond acceptors (Lipinski definition) is 4. The number of benzene rings is 1. The van der Waals surface area contributed by atoms with Crippen molar-refractivity contribution in [1.82, 2.24) is 0 Å². The molecule has 1 aliphatic carbocycles. The molecule has 104 valence electrons. The van der Waals surface area contributed by atoms with E-state index in [1.54, 1.807) is 18.2 Å². The molecule has 0 radical (unpaired) electrons.